The Bertz CT molecular complexity index is 150. The van der Waals surface area contributed by atoms with E-state index in [1.165, 1.54) is 0 Å². The first kappa shape index (κ1) is 8.44. The van der Waals surface area contributed by atoms with Crippen LogP contribution in [0.25, 0.3) is 0 Å². The molecule has 2 rings (SSSR count). The van der Waals surface area contributed by atoms with E-state index in [9.17, 15) is 0 Å². The van der Waals surface area contributed by atoms with Crippen LogP contribution in [0, 0.1) is 0 Å². The first-order chi connectivity index (χ1) is 5.92. The first-order valence-electron chi connectivity index (χ1n) is 4.53. The number of ether oxygens (including phenoxy) is 2. The van der Waals surface area contributed by atoms with E-state index in [0.717, 1.165) is 33.0 Å². The number of hydrogen-bond donors (Lipinski definition) is 1. The van der Waals surface area contributed by atoms with Crippen LogP contribution in [0.2, 0.25) is 0 Å². The van der Waals surface area contributed by atoms with Crippen molar-refractivity contribution in [2.24, 2.45) is 5.73 Å². The van der Waals surface area contributed by atoms with E-state index >= 15 is 0 Å². The quantitative estimate of drug-likeness (QED) is 0.583. The molecule has 70 valence electrons. The second-order valence-corrected chi connectivity index (χ2v) is 3.39. The summed E-state index contributed by atoms with van der Waals surface area (Å²) in [6.45, 7) is 5.07. The summed E-state index contributed by atoms with van der Waals surface area (Å²) in [5.74, 6) is 0. The average molecular weight is 172 g/mol. The summed E-state index contributed by atoms with van der Waals surface area (Å²) in [5, 5.41) is 0. The van der Waals surface area contributed by atoms with Gasteiger partial charge >= 0.3 is 0 Å². The molecule has 0 spiro atoms. The molecule has 0 radical (unpaired) electrons. The highest BCUT2D eigenvalue weighted by Crippen LogP contribution is 2.16. The summed E-state index contributed by atoms with van der Waals surface area (Å²) in [6, 6.07) is 1.01. The second-order valence-electron chi connectivity index (χ2n) is 3.39. The molecule has 0 amide bonds. The molecule has 0 unspecified atom stereocenters. The fraction of sp³-hybridized carbons (Fsp3) is 1.00. The van der Waals surface area contributed by atoms with E-state index in [4.69, 9.17) is 15.2 Å². The van der Waals surface area contributed by atoms with E-state index in [-0.39, 0.29) is 0 Å². The lowest BCUT2D eigenvalue weighted by atomic mass is 10.1. The fourth-order valence-corrected chi connectivity index (χ4v) is 1.77. The van der Waals surface area contributed by atoms with Crippen LogP contribution in [-0.2, 0) is 9.47 Å². The van der Waals surface area contributed by atoms with Crippen molar-refractivity contribution < 1.29 is 9.47 Å². The third-order valence-corrected chi connectivity index (χ3v) is 2.63. The Morgan fingerprint density at radius 1 is 1.25 bits per heavy atom. The number of rotatable bonds is 2. The molecule has 0 aromatic heterocycles. The molecule has 2 N–H and O–H groups in total. The van der Waals surface area contributed by atoms with Crippen LogP contribution >= 0.6 is 0 Å². The Balaban J connectivity index is 1.90. The van der Waals surface area contributed by atoms with E-state index in [2.05, 4.69) is 4.90 Å². The maximum atomic E-state index is 5.65. The first-order valence-corrected chi connectivity index (χ1v) is 4.53. The van der Waals surface area contributed by atoms with Gasteiger partial charge in [-0.1, -0.05) is 0 Å². The van der Waals surface area contributed by atoms with Crippen LogP contribution < -0.4 is 5.73 Å². The van der Waals surface area contributed by atoms with Gasteiger partial charge < -0.3 is 15.2 Å². The van der Waals surface area contributed by atoms with Crippen molar-refractivity contribution >= 4 is 0 Å². The predicted octanol–water partition coefficient (Wildman–Crippen LogP) is -0.955. The second kappa shape index (κ2) is 3.70. The molecule has 0 bridgehead atoms. The van der Waals surface area contributed by atoms with Gasteiger partial charge in [-0.3, -0.25) is 4.90 Å². The van der Waals surface area contributed by atoms with E-state index in [0.29, 0.717) is 18.6 Å². The van der Waals surface area contributed by atoms with Crippen LogP contribution in [-0.4, -0.2) is 56.5 Å². The zero-order valence-electron chi connectivity index (χ0n) is 7.24. The van der Waals surface area contributed by atoms with Crippen molar-refractivity contribution in [2.45, 2.75) is 12.1 Å². The van der Waals surface area contributed by atoms with Gasteiger partial charge in [-0.15, -0.1) is 0 Å². The third-order valence-electron chi connectivity index (χ3n) is 2.63. The Hall–Kier alpha value is -0.160. The topological polar surface area (TPSA) is 47.7 Å². The molecule has 1 atom stereocenters. The lowest BCUT2D eigenvalue weighted by molar-refractivity contribution is -0.114. The maximum Gasteiger partial charge on any atom is 0.0645 e. The maximum absolute atomic E-state index is 5.65. The van der Waals surface area contributed by atoms with E-state index in [1.54, 1.807) is 0 Å². The van der Waals surface area contributed by atoms with Gasteiger partial charge in [0.1, 0.15) is 0 Å². The van der Waals surface area contributed by atoms with Gasteiger partial charge in [0, 0.05) is 19.1 Å². The molecule has 2 heterocycles. The molecule has 0 aromatic rings. The van der Waals surface area contributed by atoms with Crippen molar-refractivity contribution in [1.82, 2.24) is 4.90 Å². The van der Waals surface area contributed by atoms with E-state index in [1.807, 2.05) is 0 Å². The van der Waals surface area contributed by atoms with E-state index < -0.39 is 0 Å². The molecule has 2 saturated heterocycles. The average Bonchev–Trinajstić information content (AvgIpc) is 2.02. The molecule has 0 aliphatic carbocycles. The van der Waals surface area contributed by atoms with Gasteiger partial charge in [0.2, 0.25) is 0 Å². The Labute approximate surface area is 72.6 Å². The van der Waals surface area contributed by atoms with Gasteiger partial charge in [-0.2, -0.15) is 0 Å². The Morgan fingerprint density at radius 3 is 2.67 bits per heavy atom. The van der Waals surface area contributed by atoms with Crippen molar-refractivity contribution in [3.05, 3.63) is 0 Å². The van der Waals surface area contributed by atoms with Gasteiger partial charge in [0.05, 0.1) is 32.5 Å². The van der Waals surface area contributed by atoms with Gasteiger partial charge in [0.15, 0.2) is 0 Å². The summed E-state index contributed by atoms with van der Waals surface area (Å²) in [5.41, 5.74) is 5.65. The van der Waals surface area contributed by atoms with Crippen molar-refractivity contribution in [1.29, 1.82) is 0 Å². The highest BCUT2D eigenvalue weighted by Gasteiger charge is 2.32. The fourth-order valence-electron chi connectivity index (χ4n) is 1.77. The Morgan fingerprint density at radius 2 is 2.08 bits per heavy atom. The number of nitrogens with two attached hydrogens (primary N) is 1. The largest absolute Gasteiger partial charge is 0.378 e. The van der Waals surface area contributed by atoms with Crippen LogP contribution in [0.3, 0.4) is 0 Å². The van der Waals surface area contributed by atoms with Crippen LogP contribution in [0.5, 0.6) is 0 Å². The summed E-state index contributed by atoms with van der Waals surface area (Å²) in [4.78, 5) is 2.42. The Kier molecular flexibility index (Phi) is 2.60. The number of hydrogen-bond acceptors (Lipinski definition) is 4. The van der Waals surface area contributed by atoms with Gasteiger partial charge in [0.25, 0.3) is 0 Å². The number of nitrogens with zero attached hydrogens (tertiary/aromatic N) is 1. The predicted molar refractivity (Wildman–Crippen MR) is 45.0 cm³/mol. The molecule has 2 aliphatic heterocycles. The number of morpholine rings is 1. The highest BCUT2D eigenvalue weighted by atomic mass is 16.5. The summed E-state index contributed by atoms with van der Waals surface area (Å²) in [7, 11) is 0. The minimum atomic E-state index is 0.410. The molecule has 2 fully saturated rings. The SMILES string of the molecule is NC[C@@H]1COCCN1C1COC1. The standard InChI is InChI=1S/C8H16N2O2/c9-3-7-4-11-2-1-10(7)8-5-12-6-8/h7-8H,1-6,9H2/t7-/m1/s1. The lowest BCUT2D eigenvalue weighted by Gasteiger charge is -2.44. The molecular formula is C8H16N2O2. The van der Waals surface area contributed by atoms with Crippen molar-refractivity contribution in [3.8, 4) is 0 Å². The lowest BCUT2D eigenvalue weighted by Crippen LogP contribution is -2.59. The highest BCUT2D eigenvalue weighted by molar-refractivity contribution is 4.85. The summed E-state index contributed by atoms with van der Waals surface area (Å²) < 4.78 is 10.5. The zero-order chi connectivity index (χ0) is 8.39. The zero-order valence-corrected chi connectivity index (χ0v) is 7.24. The monoisotopic (exact) mass is 172 g/mol. The normalized spacial score (nSPS) is 33.2. The minimum Gasteiger partial charge on any atom is -0.378 e. The molecule has 4 heteroatoms. The van der Waals surface area contributed by atoms with Crippen molar-refractivity contribution in [3.63, 3.8) is 0 Å². The van der Waals surface area contributed by atoms with Crippen molar-refractivity contribution in [2.75, 3.05) is 39.5 Å². The third kappa shape index (κ3) is 1.47. The molecule has 4 nitrogen and oxygen atoms in total. The summed E-state index contributed by atoms with van der Waals surface area (Å²) in [6.07, 6.45) is 0. The molecule has 0 saturated carbocycles. The van der Waals surface area contributed by atoms with Crippen LogP contribution in [0.15, 0.2) is 0 Å². The van der Waals surface area contributed by atoms with Gasteiger partial charge in [-0.05, 0) is 0 Å². The molecule has 12 heavy (non-hydrogen) atoms. The molecular weight excluding hydrogens is 156 g/mol. The van der Waals surface area contributed by atoms with Crippen LogP contribution in [0.4, 0.5) is 0 Å². The molecule has 0 aromatic carbocycles. The molecule has 2 aliphatic rings. The summed E-state index contributed by atoms with van der Waals surface area (Å²) >= 11 is 0. The van der Waals surface area contributed by atoms with Gasteiger partial charge in [-0.25, -0.2) is 0 Å². The minimum absolute atomic E-state index is 0.410. The van der Waals surface area contributed by atoms with Crippen LogP contribution in [0.1, 0.15) is 0 Å². The smallest absolute Gasteiger partial charge is 0.0645 e.